The van der Waals surface area contributed by atoms with Crippen LogP contribution in [0.5, 0.6) is 0 Å². The minimum absolute atomic E-state index is 0. The van der Waals surface area contributed by atoms with E-state index in [1.807, 2.05) is 6.92 Å². The minimum Gasteiger partial charge on any atom is -0.241 e. The molecule has 0 fully saturated rings. The van der Waals surface area contributed by atoms with Gasteiger partial charge < -0.3 is 0 Å². The van der Waals surface area contributed by atoms with Crippen molar-refractivity contribution in [1.29, 1.82) is 0 Å². The van der Waals surface area contributed by atoms with Crippen molar-refractivity contribution in [2.45, 2.75) is 12.8 Å². The minimum atomic E-state index is 0. The van der Waals surface area contributed by atoms with Gasteiger partial charge in [0.1, 0.15) is 5.82 Å². The highest BCUT2D eigenvalue weighted by Crippen LogP contribution is 1.98. The zero-order chi connectivity index (χ0) is 6.69. The van der Waals surface area contributed by atoms with Crippen LogP contribution in [0.25, 0.3) is 0 Å². The maximum atomic E-state index is 5.50. The molecule has 2 nitrogen and oxygen atoms in total. The van der Waals surface area contributed by atoms with Crippen LogP contribution >= 0.6 is 24.0 Å². The fraction of sp³-hybridized carbons (Fsp3) is 0.333. The Morgan fingerprint density at radius 1 is 1.40 bits per heavy atom. The molecule has 0 bridgehead atoms. The van der Waals surface area contributed by atoms with Gasteiger partial charge in [0.2, 0.25) is 0 Å². The van der Waals surface area contributed by atoms with Crippen molar-refractivity contribution in [2.75, 3.05) is 0 Å². The van der Waals surface area contributed by atoms with Crippen molar-refractivity contribution in [2.24, 2.45) is 0 Å². The van der Waals surface area contributed by atoms with Crippen LogP contribution in [0.15, 0.2) is 12.4 Å². The van der Waals surface area contributed by atoms with Gasteiger partial charge in [0.25, 0.3) is 0 Å². The third-order valence-electron chi connectivity index (χ3n) is 0.989. The van der Waals surface area contributed by atoms with E-state index in [4.69, 9.17) is 11.6 Å². The summed E-state index contributed by atoms with van der Waals surface area (Å²) in [6, 6.07) is 0. The number of alkyl halides is 1. The van der Waals surface area contributed by atoms with Crippen LogP contribution in [-0.4, -0.2) is 9.97 Å². The van der Waals surface area contributed by atoms with Crippen molar-refractivity contribution >= 4 is 24.0 Å². The van der Waals surface area contributed by atoms with Crippen molar-refractivity contribution in [3.8, 4) is 0 Å². The van der Waals surface area contributed by atoms with Crippen molar-refractivity contribution in [1.82, 2.24) is 9.97 Å². The smallest absolute Gasteiger partial charge is 0.125 e. The first-order valence-electron chi connectivity index (χ1n) is 2.66. The number of nitrogens with zero attached hydrogens (tertiary/aromatic N) is 2. The highest BCUT2D eigenvalue weighted by molar-refractivity contribution is 6.17. The first kappa shape index (κ1) is 9.66. The lowest BCUT2D eigenvalue weighted by Gasteiger charge is -1.91. The molecule has 0 saturated heterocycles. The number of halogens is 2. The van der Waals surface area contributed by atoms with Gasteiger partial charge in [0.05, 0.1) is 5.88 Å². The standard InChI is InChI=1S/C6H7ClN2.ClH/c1-5-8-3-6(2-7)4-9-5;/h3-4H,2H2,1H3;1H. The molecule has 0 radical (unpaired) electrons. The highest BCUT2D eigenvalue weighted by Gasteiger charge is 1.88. The van der Waals surface area contributed by atoms with Gasteiger partial charge >= 0.3 is 0 Å². The molecule has 0 aromatic carbocycles. The molecule has 1 rings (SSSR count). The molecule has 1 aromatic rings. The van der Waals surface area contributed by atoms with Crippen molar-refractivity contribution in [3.05, 3.63) is 23.8 Å². The second-order valence-electron chi connectivity index (χ2n) is 1.77. The molecule has 0 atom stereocenters. The summed E-state index contributed by atoms with van der Waals surface area (Å²) < 4.78 is 0. The second kappa shape index (κ2) is 4.47. The maximum Gasteiger partial charge on any atom is 0.125 e. The summed E-state index contributed by atoms with van der Waals surface area (Å²) in [6.07, 6.45) is 3.46. The van der Waals surface area contributed by atoms with Gasteiger partial charge in [-0.25, -0.2) is 9.97 Å². The Morgan fingerprint density at radius 3 is 2.30 bits per heavy atom. The normalized spacial score (nSPS) is 8.60. The van der Waals surface area contributed by atoms with Crippen LogP contribution < -0.4 is 0 Å². The molecule has 0 aliphatic carbocycles. The van der Waals surface area contributed by atoms with Crippen LogP contribution in [0.2, 0.25) is 0 Å². The molecule has 4 heteroatoms. The zero-order valence-corrected chi connectivity index (χ0v) is 7.11. The molecule has 0 aliphatic rings. The first-order valence-corrected chi connectivity index (χ1v) is 3.20. The molecule has 0 amide bonds. The fourth-order valence-corrected chi connectivity index (χ4v) is 0.626. The van der Waals surface area contributed by atoms with Gasteiger partial charge in [0, 0.05) is 18.0 Å². The number of aromatic nitrogens is 2. The Labute approximate surface area is 71.1 Å². The Kier molecular flexibility index (Phi) is 4.32. The van der Waals surface area contributed by atoms with E-state index in [1.54, 1.807) is 12.4 Å². The van der Waals surface area contributed by atoms with Crippen LogP contribution in [0.4, 0.5) is 0 Å². The van der Waals surface area contributed by atoms with E-state index in [1.165, 1.54) is 0 Å². The molecule has 0 N–H and O–H groups in total. The molecule has 1 heterocycles. The van der Waals surface area contributed by atoms with Gasteiger partial charge in [-0.2, -0.15) is 0 Å². The molecule has 0 aliphatic heterocycles. The molecule has 0 unspecified atom stereocenters. The average Bonchev–Trinajstić information content (AvgIpc) is 1.90. The molecular weight excluding hydrogens is 171 g/mol. The predicted molar refractivity (Wildman–Crippen MR) is 43.6 cm³/mol. The van der Waals surface area contributed by atoms with E-state index < -0.39 is 0 Å². The predicted octanol–water partition coefficient (Wildman–Crippen LogP) is 1.95. The van der Waals surface area contributed by atoms with E-state index in [-0.39, 0.29) is 12.4 Å². The molecule has 56 valence electrons. The zero-order valence-electron chi connectivity index (χ0n) is 5.54. The molecule has 0 spiro atoms. The van der Waals surface area contributed by atoms with Gasteiger partial charge in [-0.3, -0.25) is 0 Å². The SMILES string of the molecule is Cc1ncc(CCl)cn1.Cl. The monoisotopic (exact) mass is 178 g/mol. The summed E-state index contributed by atoms with van der Waals surface area (Å²) in [5, 5.41) is 0. The van der Waals surface area contributed by atoms with Gasteiger partial charge in [0.15, 0.2) is 0 Å². The quantitative estimate of drug-likeness (QED) is 0.615. The van der Waals surface area contributed by atoms with Crippen LogP contribution in [0.1, 0.15) is 11.4 Å². The topological polar surface area (TPSA) is 25.8 Å². The summed E-state index contributed by atoms with van der Waals surface area (Å²) in [4.78, 5) is 7.91. The molecule has 0 saturated carbocycles. The largest absolute Gasteiger partial charge is 0.241 e. The van der Waals surface area contributed by atoms with E-state index in [9.17, 15) is 0 Å². The number of hydrogen-bond donors (Lipinski definition) is 0. The lowest BCUT2D eigenvalue weighted by molar-refractivity contribution is 1.02. The van der Waals surface area contributed by atoms with Gasteiger partial charge in [-0.05, 0) is 6.92 Å². The summed E-state index contributed by atoms with van der Waals surface area (Å²) in [5.74, 6) is 1.27. The third-order valence-corrected chi connectivity index (χ3v) is 1.30. The van der Waals surface area contributed by atoms with Crippen LogP contribution in [0.3, 0.4) is 0 Å². The lowest BCUT2D eigenvalue weighted by Crippen LogP contribution is -1.87. The van der Waals surface area contributed by atoms with Crippen molar-refractivity contribution < 1.29 is 0 Å². The summed E-state index contributed by atoms with van der Waals surface area (Å²) >= 11 is 5.50. The Bertz CT molecular complexity index is 185. The second-order valence-corrected chi connectivity index (χ2v) is 2.04. The number of aryl methyl sites for hydroxylation is 1. The Balaban J connectivity index is 0.000000810. The average molecular weight is 179 g/mol. The molecule has 1 aromatic heterocycles. The van der Waals surface area contributed by atoms with E-state index in [2.05, 4.69) is 9.97 Å². The van der Waals surface area contributed by atoms with E-state index in [0.29, 0.717) is 5.88 Å². The summed E-state index contributed by atoms with van der Waals surface area (Å²) in [5.41, 5.74) is 0.960. The molecule has 10 heavy (non-hydrogen) atoms. The first-order chi connectivity index (χ1) is 4.33. The number of rotatable bonds is 1. The van der Waals surface area contributed by atoms with Gasteiger partial charge in [-0.1, -0.05) is 0 Å². The number of hydrogen-bond acceptors (Lipinski definition) is 2. The molecular formula is C6H8Cl2N2. The maximum absolute atomic E-state index is 5.50. The van der Waals surface area contributed by atoms with E-state index >= 15 is 0 Å². The third kappa shape index (κ3) is 2.50. The Hall–Kier alpha value is -0.340. The lowest BCUT2D eigenvalue weighted by atomic mass is 10.4. The van der Waals surface area contributed by atoms with Gasteiger partial charge in [-0.15, -0.1) is 24.0 Å². The van der Waals surface area contributed by atoms with Crippen LogP contribution in [0, 0.1) is 6.92 Å². The summed E-state index contributed by atoms with van der Waals surface area (Å²) in [6.45, 7) is 1.85. The summed E-state index contributed by atoms with van der Waals surface area (Å²) in [7, 11) is 0. The fourth-order valence-electron chi connectivity index (χ4n) is 0.488. The van der Waals surface area contributed by atoms with E-state index in [0.717, 1.165) is 11.4 Å². The Morgan fingerprint density at radius 2 is 1.90 bits per heavy atom. The van der Waals surface area contributed by atoms with Crippen LogP contribution in [-0.2, 0) is 5.88 Å². The highest BCUT2D eigenvalue weighted by atomic mass is 35.5. The van der Waals surface area contributed by atoms with Crippen molar-refractivity contribution in [3.63, 3.8) is 0 Å².